The van der Waals surface area contributed by atoms with Crippen molar-refractivity contribution in [2.24, 2.45) is 0 Å². The molecular formula is C15H18BrFO2. The minimum Gasteiger partial charge on any atom is -0.490 e. The van der Waals surface area contributed by atoms with Gasteiger partial charge in [0.05, 0.1) is 16.2 Å². The summed E-state index contributed by atoms with van der Waals surface area (Å²) in [6.45, 7) is 0.504. The summed E-state index contributed by atoms with van der Waals surface area (Å²) in [7, 11) is 0. The molecule has 19 heavy (non-hydrogen) atoms. The molecule has 0 radical (unpaired) electrons. The van der Waals surface area contributed by atoms with Gasteiger partial charge in [0.2, 0.25) is 0 Å². The zero-order valence-electron chi connectivity index (χ0n) is 10.8. The predicted molar refractivity (Wildman–Crippen MR) is 74.9 cm³/mol. The summed E-state index contributed by atoms with van der Waals surface area (Å²) in [5.74, 6) is 0.272. The zero-order chi connectivity index (χ0) is 13.3. The standard InChI is InChI=1S/C15H18BrFO2/c16-13-4-3-11(17)9-14(13)18-10-12-5-8-15(19-12)6-1-2-7-15/h3-4,9,12H,1-2,5-8,10H2. The highest BCUT2D eigenvalue weighted by Crippen LogP contribution is 2.43. The van der Waals surface area contributed by atoms with E-state index < -0.39 is 0 Å². The van der Waals surface area contributed by atoms with Crippen LogP contribution < -0.4 is 4.74 Å². The highest BCUT2D eigenvalue weighted by atomic mass is 79.9. The van der Waals surface area contributed by atoms with E-state index in [-0.39, 0.29) is 17.5 Å². The number of halogens is 2. The molecule has 0 N–H and O–H groups in total. The van der Waals surface area contributed by atoms with E-state index in [4.69, 9.17) is 9.47 Å². The van der Waals surface area contributed by atoms with Gasteiger partial charge in [-0.25, -0.2) is 4.39 Å². The average Bonchev–Trinajstić information content (AvgIpc) is 3.02. The Bertz CT molecular complexity index is 457. The second kappa shape index (κ2) is 5.41. The first-order valence-corrected chi connectivity index (χ1v) is 7.72. The summed E-state index contributed by atoms with van der Waals surface area (Å²) < 4.78 is 25.8. The van der Waals surface area contributed by atoms with Gasteiger partial charge >= 0.3 is 0 Å². The second-order valence-electron chi connectivity index (χ2n) is 5.55. The largest absolute Gasteiger partial charge is 0.490 e. The third-order valence-corrected chi connectivity index (χ3v) is 4.83. The van der Waals surface area contributed by atoms with Crippen LogP contribution in [-0.2, 0) is 4.74 Å². The highest BCUT2D eigenvalue weighted by molar-refractivity contribution is 9.10. The van der Waals surface area contributed by atoms with E-state index in [2.05, 4.69) is 15.9 Å². The molecule has 1 saturated carbocycles. The Hall–Kier alpha value is -0.610. The van der Waals surface area contributed by atoms with Crippen molar-refractivity contribution in [1.29, 1.82) is 0 Å². The van der Waals surface area contributed by atoms with Gasteiger partial charge in [0.25, 0.3) is 0 Å². The van der Waals surface area contributed by atoms with Crippen molar-refractivity contribution in [2.75, 3.05) is 6.61 Å². The van der Waals surface area contributed by atoms with Crippen LogP contribution in [0.4, 0.5) is 4.39 Å². The molecule has 0 bridgehead atoms. The van der Waals surface area contributed by atoms with E-state index in [9.17, 15) is 4.39 Å². The van der Waals surface area contributed by atoms with E-state index in [0.717, 1.165) is 17.3 Å². The number of ether oxygens (including phenoxy) is 2. The van der Waals surface area contributed by atoms with E-state index in [0.29, 0.717) is 12.4 Å². The Morgan fingerprint density at radius 2 is 2.11 bits per heavy atom. The quantitative estimate of drug-likeness (QED) is 0.815. The van der Waals surface area contributed by atoms with Crippen LogP contribution in [0.2, 0.25) is 0 Å². The topological polar surface area (TPSA) is 18.5 Å². The Balaban J connectivity index is 1.57. The van der Waals surface area contributed by atoms with Crippen LogP contribution in [0.5, 0.6) is 5.75 Å². The molecule has 4 heteroatoms. The average molecular weight is 329 g/mol. The second-order valence-corrected chi connectivity index (χ2v) is 6.41. The molecule has 3 rings (SSSR count). The Kier molecular flexibility index (Phi) is 3.81. The summed E-state index contributed by atoms with van der Waals surface area (Å²) in [5, 5.41) is 0. The predicted octanol–water partition coefficient (Wildman–Crippen LogP) is 4.46. The Labute approximate surface area is 121 Å². The number of hydrogen-bond donors (Lipinski definition) is 0. The molecule has 1 aliphatic heterocycles. The van der Waals surface area contributed by atoms with Gasteiger partial charge in [0.15, 0.2) is 0 Å². The first-order valence-electron chi connectivity index (χ1n) is 6.93. The summed E-state index contributed by atoms with van der Waals surface area (Å²) in [6.07, 6.45) is 7.28. The fraction of sp³-hybridized carbons (Fsp3) is 0.600. The molecule has 2 aliphatic rings. The van der Waals surface area contributed by atoms with E-state index >= 15 is 0 Å². The maximum absolute atomic E-state index is 13.2. The summed E-state index contributed by atoms with van der Waals surface area (Å²) in [5.41, 5.74) is 0.132. The molecule has 1 aliphatic carbocycles. The van der Waals surface area contributed by atoms with Gasteiger partial charge < -0.3 is 9.47 Å². The maximum atomic E-state index is 13.2. The van der Waals surface area contributed by atoms with Crippen molar-refractivity contribution < 1.29 is 13.9 Å². The van der Waals surface area contributed by atoms with Crippen LogP contribution in [-0.4, -0.2) is 18.3 Å². The molecule has 1 spiro atoms. The number of benzene rings is 1. The van der Waals surface area contributed by atoms with Crippen molar-refractivity contribution in [2.45, 2.75) is 50.2 Å². The fourth-order valence-electron chi connectivity index (χ4n) is 3.17. The van der Waals surface area contributed by atoms with Gasteiger partial charge in [-0.2, -0.15) is 0 Å². The number of hydrogen-bond acceptors (Lipinski definition) is 2. The lowest BCUT2D eigenvalue weighted by Gasteiger charge is -2.23. The first kappa shape index (κ1) is 13.4. The van der Waals surface area contributed by atoms with E-state index in [1.165, 1.54) is 37.8 Å². The molecule has 1 unspecified atom stereocenters. The first-order chi connectivity index (χ1) is 9.17. The van der Waals surface area contributed by atoms with Gasteiger partial charge in [-0.3, -0.25) is 0 Å². The lowest BCUT2D eigenvalue weighted by atomic mass is 9.98. The van der Waals surface area contributed by atoms with Crippen LogP contribution in [0.25, 0.3) is 0 Å². The fourth-order valence-corrected chi connectivity index (χ4v) is 3.53. The van der Waals surface area contributed by atoms with Crippen molar-refractivity contribution in [3.63, 3.8) is 0 Å². The molecule has 1 aromatic carbocycles. The third kappa shape index (κ3) is 2.95. The van der Waals surface area contributed by atoms with E-state index in [1.807, 2.05) is 0 Å². The van der Waals surface area contributed by atoms with Gasteiger partial charge in [0, 0.05) is 6.07 Å². The molecule has 1 saturated heterocycles. The molecule has 1 aromatic rings. The van der Waals surface area contributed by atoms with Gasteiger partial charge in [-0.05, 0) is 53.7 Å². The molecule has 2 fully saturated rings. The lowest BCUT2D eigenvalue weighted by Crippen LogP contribution is -2.27. The monoisotopic (exact) mass is 328 g/mol. The van der Waals surface area contributed by atoms with Crippen molar-refractivity contribution in [3.8, 4) is 5.75 Å². The molecule has 1 heterocycles. The summed E-state index contributed by atoms with van der Waals surface area (Å²) in [6, 6.07) is 4.49. The summed E-state index contributed by atoms with van der Waals surface area (Å²) in [4.78, 5) is 0. The zero-order valence-corrected chi connectivity index (χ0v) is 12.4. The Morgan fingerprint density at radius 3 is 2.89 bits per heavy atom. The Morgan fingerprint density at radius 1 is 1.32 bits per heavy atom. The smallest absolute Gasteiger partial charge is 0.136 e. The number of rotatable bonds is 3. The van der Waals surface area contributed by atoms with Crippen LogP contribution >= 0.6 is 15.9 Å². The minimum atomic E-state index is -0.280. The van der Waals surface area contributed by atoms with Crippen molar-refractivity contribution >= 4 is 15.9 Å². The van der Waals surface area contributed by atoms with Crippen LogP contribution in [0.15, 0.2) is 22.7 Å². The van der Waals surface area contributed by atoms with E-state index in [1.54, 1.807) is 6.07 Å². The molecular weight excluding hydrogens is 311 g/mol. The van der Waals surface area contributed by atoms with Gasteiger partial charge in [-0.15, -0.1) is 0 Å². The van der Waals surface area contributed by atoms with Crippen LogP contribution in [0, 0.1) is 5.82 Å². The molecule has 1 atom stereocenters. The van der Waals surface area contributed by atoms with Gasteiger partial charge in [0.1, 0.15) is 18.2 Å². The normalized spacial score (nSPS) is 25.1. The van der Waals surface area contributed by atoms with Crippen LogP contribution in [0.1, 0.15) is 38.5 Å². The molecule has 0 aromatic heterocycles. The lowest BCUT2D eigenvalue weighted by molar-refractivity contribution is -0.0509. The van der Waals surface area contributed by atoms with Crippen molar-refractivity contribution in [1.82, 2.24) is 0 Å². The molecule has 104 valence electrons. The maximum Gasteiger partial charge on any atom is 0.136 e. The molecule has 2 nitrogen and oxygen atoms in total. The summed E-state index contributed by atoms with van der Waals surface area (Å²) >= 11 is 3.37. The SMILES string of the molecule is Fc1ccc(Br)c(OCC2CCC3(CCCC3)O2)c1. The van der Waals surface area contributed by atoms with Crippen LogP contribution in [0.3, 0.4) is 0 Å². The van der Waals surface area contributed by atoms with Crippen molar-refractivity contribution in [3.05, 3.63) is 28.5 Å². The third-order valence-electron chi connectivity index (χ3n) is 4.17. The highest BCUT2D eigenvalue weighted by Gasteiger charge is 2.42. The molecule has 0 amide bonds. The van der Waals surface area contributed by atoms with Gasteiger partial charge in [-0.1, -0.05) is 12.8 Å². The minimum absolute atomic E-state index is 0.132.